The fourth-order valence-electron chi connectivity index (χ4n) is 2.87. The summed E-state index contributed by atoms with van der Waals surface area (Å²) < 4.78 is 1.66. The van der Waals surface area contributed by atoms with Crippen molar-refractivity contribution in [3.05, 3.63) is 24.5 Å². The summed E-state index contributed by atoms with van der Waals surface area (Å²) in [5.74, 6) is -0.261. The molecule has 1 aromatic rings. The lowest BCUT2D eigenvalue weighted by atomic mass is 10.00. The van der Waals surface area contributed by atoms with E-state index < -0.39 is 0 Å². The van der Waals surface area contributed by atoms with Crippen molar-refractivity contribution in [2.24, 2.45) is 0 Å². The number of amides is 3. The number of aromatic nitrogens is 3. The van der Waals surface area contributed by atoms with Crippen LogP contribution in [0.4, 0.5) is 4.79 Å². The van der Waals surface area contributed by atoms with E-state index in [1.165, 1.54) is 0 Å². The van der Waals surface area contributed by atoms with Gasteiger partial charge in [-0.2, -0.15) is 0 Å². The fourth-order valence-corrected chi connectivity index (χ4v) is 2.87. The molecule has 1 unspecified atom stereocenters. The van der Waals surface area contributed by atoms with Crippen molar-refractivity contribution < 1.29 is 9.59 Å². The minimum Gasteiger partial charge on any atom is -0.347 e. The van der Waals surface area contributed by atoms with Crippen LogP contribution in [0.1, 0.15) is 43.1 Å². The minimum absolute atomic E-state index is 0.00489. The Hall–Kier alpha value is -2.38. The molecular weight excluding hydrogens is 308 g/mol. The van der Waals surface area contributed by atoms with Gasteiger partial charge in [0, 0.05) is 32.2 Å². The maximum absolute atomic E-state index is 12.1. The topological polar surface area (TPSA) is 92.2 Å². The standard InChI is InChI=1S/C16H26N6O2/c1-3-9-18-15(23)14-12-21(20-19-14)11-8-13-7-5-6-10-22(13)16(24)17-4-2/h3,12-13H,1,4-11H2,2H3,(H,17,24)(H,18,23). The van der Waals surface area contributed by atoms with Crippen LogP contribution in [0, 0.1) is 0 Å². The Bertz CT molecular complexity index is 571. The second kappa shape index (κ2) is 9.05. The molecule has 0 aromatic carbocycles. The molecule has 1 saturated heterocycles. The van der Waals surface area contributed by atoms with E-state index in [2.05, 4.69) is 27.5 Å². The van der Waals surface area contributed by atoms with Gasteiger partial charge in [0.2, 0.25) is 0 Å². The summed E-state index contributed by atoms with van der Waals surface area (Å²) in [4.78, 5) is 25.9. The summed E-state index contributed by atoms with van der Waals surface area (Å²) >= 11 is 0. The molecule has 24 heavy (non-hydrogen) atoms. The first-order valence-corrected chi connectivity index (χ1v) is 8.49. The number of nitrogens with zero attached hydrogens (tertiary/aromatic N) is 4. The molecule has 0 bridgehead atoms. The van der Waals surface area contributed by atoms with Crippen molar-refractivity contribution in [1.82, 2.24) is 30.5 Å². The third-order valence-electron chi connectivity index (χ3n) is 4.09. The SMILES string of the molecule is C=CCNC(=O)c1cn(CCC2CCCCN2C(=O)NCC)nn1. The molecule has 2 heterocycles. The Labute approximate surface area is 142 Å². The molecule has 1 fully saturated rings. The normalized spacial score (nSPS) is 17.4. The van der Waals surface area contributed by atoms with Crippen molar-refractivity contribution in [3.63, 3.8) is 0 Å². The van der Waals surface area contributed by atoms with Gasteiger partial charge in [-0.1, -0.05) is 11.3 Å². The maximum Gasteiger partial charge on any atom is 0.317 e. The highest BCUT2D eigenvalue weighted by atomic mass is 16.2. The van der Waals surface area contributed by atoms with Gasteiger partial charge in [-0.3, -0.25) is 9.48 Å². The van der Waals surface area contributed by atoms with Crippen LogP contribution in [0.15, 0.2) is 18.9 Å². The Morgan fingerprint density at radius 3 is 3.00 bits per heavy atom. The average molecular weight is 334 g/mol. The fraction of sp³-hybridized carbons (Fsp3) is 0.625. The van der Waals surface area contributed by atoms with Gasteiger partial charge in [0.1, 0.15) is 0 Å². The third kappa shape index (κ3) is 4.81. The lowest BCUT2D eigenvalue weighted by molar-refractivity contribution is 0.0953. The maximum atomic E-state index is 12.1. The average Bonchev–Trinajstić information content (AvgIpc) is 3.07. The molecule has 0 radical (unpaired) electrons. The minimum atomic E-state index is -0.261. The van der Waals surface area contributed by atoms with Gasteiger partial charge in [-0.15, -0.1) is 11.7 Å². The molecule has 1 aromatic heterocycles. The lowest BCUT2D eigenvalue weighted by Gasteiger charge is -2.35. The number of piperidine rings is 1. The van der Waals surface area contributed by atoms with E-state index in [1.807, 2.05) is 11.8 Å². The molecular formula is C16H26N6O2. The monoisotopic (exact) mass is 334 g/mol. The van der Waals surface area contributed by atoms with Crippen molar-refractivity contribution >= 4 is 11.9 Å². The summed E-state index contributed by atoms with van der Waals surface area (Å²) in [5.41, 5.74) is 0.293. The zero-order chi connectivity index (χ0) is 17.4. The molecule has 3 amide bonds. The molecule has 1 aliphatic heterocycles. The van der Waals surface area contributed by atoms with Crippen molar-refractivity contribution in [2.75, 3.05) is 19.6 Å². The van der Waals surface area contributed by atoms with Gasteiger partial charge in [-0.05, 0) is 32.6 Å². The van der Waals surface area contributed by atoms with Gasteiger partial charge in [0.15, 0.2) is 5.69 Å². The first kappa shape index (κ1) is 18.0. The van der Waals surface area contributed by atoms with E-state index in [1.54, 1.807) is 17.0 Å². The predicted molar refractivity (Wildman–Crippen MR) is 90.6 cm³/mol. The van der Waals surface area contributed by atoms with Crippen LogP contribution < -0.4 is 10.6 Å². The van der Waals surface area contributed by atoms with Crippen LogP contribution in [0.3, 0.4) is 0 Å². The van der Waals surface area contributed by atoms with Crippen LogP contribution in [-0.4, -0.2) is 57.5 Å². The number of urea groups is 1. The molecule has 132 valence electrons. The molecule has 8 nitrogen and oxygen atoms in total. The molecule has 1 aliphatic rings. The van der Waals surface area contributed by atoms with E-state index in [0.29, 0.717) is 25.3 Å². The first-order chi connectivity index (χ1) is 11.7. The number of aryl methyl sites for hydroxylation is 1. The van der Waals surface area contributed by atoms with Crippen molar-refractivity contribution in [3.8, 4) is 0 Å². The van der Waals surface area contributed by atoms with Crippen LogP contribution in [-0.2, 0) is 6.54 Å². The number of carbonyl (C=O) groups excluding carboxylic acids is 2. The van der Waals surface area contributed by atoms with Gasteiger partial charge >= 0.3 is 6.03 Å². The Balaban J connectivity index is 1.89. The molecule has 0 saturated carbocycles. The van der Waals surface area contributed by atoms with Crippen LogP contribution in [0.25, 0.3) is 0 Å². The number of carbonyl (C=O) groups is 2. The molecule has 0 spiro atoms. The second-order valence-electron chi connectivity index (χ2n) is 5.83. The smallest absolute Gasteiger partial charge is 0.317 e. The summed E-state index contributed by atoms with van der Waals surface area (Å²) in [6.45, 7) is 7.93. The highest BCUT2D eigenvalue weighted by Gasteiger charge is 2.26. The number of hydrogen-bond donors (Lipinski definition) is 2. The number of nitrogens with one attached hydrogen (secondary N) is 2. The summed E-state index contributed by atoms with van der Waals surface area (Å²) in [7, 11) is 0. The van der Waals surface area contributed by atoms with Crippen LogP contribution in [0.2, 0.25) is 0 Å². The number of likely N-dealkylation sites (tertiary alicyclic amines) is 1. The molecule has 8 heteroatoms. The van der Waals surface area contributed by atoms with Crippen molar-refractivity contribution in [2.45, 2.75) is 45.2 Å². The number of rotatable bonds is 7. The quantitative estimate of drug-likeness (QED) is 0.732. The number of hydrogen-bond acceptors (Lipinski definition) is 4. The summed E-state index contributed by atoms with van der Waals surface area (Å²) in [6, 6.07) is 0.206. The second-order valence-corrected chi connectivity index (χ2v) is 5.83. The summed E-state index contributed by atoms with van der Waals surface area (Å²) in [6.07, 6.45) is 7.23. The Morgan fingerprint density at radius 1 is 1.42 bits per heavy atom. The summed E-state index contributed by atoms with van der Waals surface area (Å²) in [5, 5.41) is 13.4. The third-order valence-corrected chi connectivity index (χ3v) is 4.09. The molecule has 1 atom stereocenters. The predicted octanol–water partition coefficient (Wildman–Crippen LogP) is 1.17. The first-order valence-electron chi connectivity index (χ1n) is 8.49. The van der Waals surface area contributed by atoms with Crippen LogP contribution >= 0.6 is 0 Å². The van der Waals surface area contributed by atoms with Crippen molar-refractivity contribution in [1.29, 1.82) is 0 Å². The molecule has 2 N–H and O–H groups in total. The largest absolute Gasteiger partial charge is 0.347 e. The van der Waals surface area contributed by atoms with Crippen LogP contribution in [0.5, 0.6) is 0 Å². The zero-order valence-corrected chi connectivity index (χ0v) is 14.2. The Morgan fingerprint density at radius 2 is 2.25 bits per heavy atom. The zero-order valence-electron chi connectivity index (χ0n) is 14.2. The molecule has 2 rings (SSSR count). The van der Waals surface area contributed by atoms with Gasteiger partial charge in [0.25, 0.3) is 5.91 Å². The van der Waals surface area contributed by atoms with Gasteiger partial charge in [-0.25, -0.2) is 4.79 Å². The van der Waals surface area contributed by atoms with E-state index >= 15 is 0 Å². The van der Waals surface area contributed by atoms with E-state index in [-0.39, 0.29) is 18.0 Å². The van der Waals surface area contributed by atoms with E-state index in [9.17, 15) is 9.59 Å². The lowest BCUT2D eigenvalue weighted by Crippen LogP contribution is -2.48. The Kier molecular flexibility index (Phi) is 6.77. The molecule has 0 aliphatic carbocycles. The van der Waals surface area contributed by atoms with Gasteiger partial charge < -0.3 is 15.5 Å². The van der Waals surface area contributed by atoms with E-state index in [4.69, 9.17) is 0 Å². The highest BCUT2D eigenvalue weighted by Crippen LogP contribution is 2.20. The van der Waals surface area contributed by atoms with E-state index in [0.717, 1.165) is 32.2 Å². The highest BCUT2D eigenvalue weighted by molar-refractivity contribution is 5.91. The van der Waals surface area contributed by atoms with Gasteiger partial charge in [0.05, 0.1) is 6.20 Å².